The lowest BCUT2D eigenvalue weighted by molar-refractivity contribution is 0.0696. The van der Waals surface area contributed by atoms with Gasteiger partial charge in [0.1, 0.15) is 0 Å². The highest BCUT2D eigenvalue weighted by Gasteiger charge is 2.38. The van der Waals surface area contributed by atoms with Crippen LogP contribution in [-0.2, 0) is 16.2 Å². The van der Waals surface area contributed by atoms with Crippen molar-refractivity contribution in [1.29, 1.82) is 0 Å². The van der Waals surface area contributed by atoms with Crippen molar-refractivity contribution in [3.8, 4) is 22.3 Å². The third kappa shape index (κ3) is 4.96. The summed E-state index contributed by atoms with van der Waals surface area (Å²) in [7, 11) is 0. The zero-order valence-corrected chi connectivity index (χ0v) is 31.0. The summed E-state index contributed by atoms with van der Waals surface area (Å²) in [5.74, 6) is -0.927. The molecule has 0 unspecified atom stereocenters. The van der Waals surface area contributed by atoms with Gasteiger partial charge in [0.05, 0.1) is 17.0 Å². The van der Waals surface area contributed by atoms with Crippen LogP contribution < -0.4 is 4.90 Å². The summed E-state index contributed by atoms with van der Waals surface area (Å²) in [5.41, 5.74) is 17.4. The van der Waals surface area contributed by atoms with Crippen LogP contribution in [-0.4, -0.2) is 16.8 Å². The summed E-state index contributed by atoms with van der Waals surface area (Å²) >= 11 is 0. The molecule has 4 nitrogen and oxygen atoms in total. The Morgan fingerprint density at radius 2 is 1.04 bits per heavy atom. The Hall–Kier alpha value is -6.00. The predicted octanol–water partition coefficient (Wildman–Crippen LogP) is 12.5. The number of nitrogens with zero attached hydrogens (tertiary/aromatic N) is 2. The molecule has 53 heavy (non-hydrogen) atoms. The minimum absolute atomic E-state index is 0.116. The van der Waals surface area contributed by atoms with Gasteiger partial charge in [0.15, 0.2) is 0 Å². The van der Waals surface area contributed by atoms with Gasteiger partial charge < -0.3 is 10.0 Å². The molecule has 1 heterocycles. The summed E-state index contributed by atoms with van der Waals surface area (Å²) in [5, 5.41) is 9.56. The van der Waals surface area contributed by atoms with Crippen molar-refractivity contribution in [2.75, 3.05) is 4.90 Å². The molecule has 6 aromatic rings. The molecular formula is C49H42N2O2. The molecule has 9 rings (SSSR count). The van der Waals surface area contributed by atoms with Crippen molar-refractivity contribution >= 4 is 40.5 Å². The standard InChI is InChI=1S/C49H42N2O2/c1-47(2)39-13-9-7-11-35(39)37-23-21-33(28-41(37)47)51(34-22-24-38-36-12-8-10-14-40(36)48(3,4)42(38)29-34)32-19-15-30(16-20-32)17-26-45-49(5,6)43-27-31(46(52)53)18-25-44(43)50-45/h7-29H,1-6H3,(H,52,53). The van der Waals surface area contributed by atoms with Gasteiger partial charge in [-0.25, -0.2) is 4.79 Å². The Morgan fingerprint density at radius 1 is 0.528 bits per heavy atom. The fraction of sp³-hybridized carbons (Fsp3) is 0.184. The predicted molar refractivity (Wildman–Crippen MR) is 219 cm³/mol. The second kappa shape index (κ2) is 11.5. The lowest BCUT2D eigenvalue weighted by Gasteiger charge is -2.29. The molecule has 6 aromatic carbocycles. The molecule has 0 saturated carbocycles. The van der Waals surface area contributed by atoms with Crippen LogP contribution in [0.4, 0.5) is 22.7 Å². The number of carboxylic acid groups (broad SMARTS) is 1. The van der Waals surface area contributed by atoms with Crippen LogP contribution in [0.25, 0.3) is 28.3 Å². The van der Waals surface area contributed by atoms with Crippen molar-refractivity contribution in [3.05, 3.63) is 172 Å². The summed E-state index contributed by atoms with van der Waals surface area (Å²) in [6.45, 7) is 13.5. The van der Waals surface area contributed by atoms with Crippen LogP contribution in [0.3, 0.4) is 0 Å². The number of hydrogen-bond acceptors (Lipinski definition) is 3. The topological polar surface area (TPSA) is 52.9 Å². The fourth-order valence-electron chi connectivity index (χ4n) is 8.94. The highest BCUT2D eigenvalue weighted by atomic mass is 16.4. The molecule has 1 N–H and O–H groups in total. The van der Waals surface area contributed by atoms with Crippen molar-refractivity contribution in [3.63, 3.8) is 0 Å². The van der Waals surface area contributed by atoms with Crippen LogP contribution >= 0.6 is 0 Å². The average molecular weight is 691 g/mol. The zero-order chi connectivity index (χ0) is 36.9. The summed E-state index contributed by atoms with van der Waals surface area (Å²) in [4.78, 5) is 18.9. The van der Waals surface area contributed by atoms with Crippen molar-refractivity contribution in [2.45, 2.75) is 57.8 Å². The number of hydrogen-bond donors (Lipinski definition) is 1. The number of carbonyl (C=O) groups is 1. The van der Waals surface area contributed by atoms with Crippen LogP contribution in [0.5, 0.6) is 0 Å². The maximum Gasteiger partial charge on any atom is 0.335 e. The Kier molecular flexibility index (Phi) is 7.13. The average Bonchev–Trinajstić information content (AvgIpc) is 3.65. The first-order valence-electron chi connectivity index (χ1n) is 18.4. The summed E-state index contributed by atoms with van der Waals surface area (Å²) in [6.07, 6.45) is 4.16. The smallest absolute Gasteiger partial charge is 0.335 e. The van der Waals surface area contributed by atoms with Gasteiger partial charge in [0, 0.05) is 33.3 Å². The van der Waals surface area contributed by atoms with E-state index in [9.17, 15) is 9.90 Å². The number of aromatic carboxylic acids is 1. The minimum atomic E-state index is -0.927. The van der Waals surface area contributed by atoms with Gasteiger partial charge in [0.25, 0.3) is 0 Å². The number of rotatable bonds is 6. The number of carboxylic acids is 1. The van der Waals surface area contributed by atoms with Gasteiger partial charge in [-0.3, -0.25) is 4.99 Å². The number of fused-ring (bicyclic) bond motifs is 7. The first-order chi connectivity index (χ1) is 25.4. The monoisotopic (exact) mass is 690 g/mol. The van der Waals surface area contributed by atoms with Gasteiger partial charge in [0.2, 0.25) is 0 Å². The van der Waals surface area contributed by atoms with E-state index in [2.05, 4.69) is 168 Å². The lowest BCUT2D eigenvalue weighted by atomic mass is 9.80. The van der Waals surface area contributed by atoms with E-state index in [-0.39, 0.29) is 16.4 Å². The molecule has 0 amide bonds. The molecule has 0 atom stereocenters. The minimum Gasteiger partial charge on any atom is -0.478 e. The van der Waals surface area contributed by atoms with E-state index >= 15 is 0 Å². The van der Waals surface area contributed by atoms with E-state index < -0.39 is 11.4 Å². The summed E-state index contributed by atoms with van der Waals surface area (Å²) < 4.78 is 0. The van der Waals surface area contributed by atoms with Gasteiger partial charge in [-0.2, -0.15) is 0 Å². The number of benzene rings is 6. The van der Waals surface area contributed by atoms with E-state index in [1.807, 2.05) is 6.07 Å². The molecule has 0 saturated heterocycles. The molecule has 3 aliphatic rings. The van der Waals surface area contributed by atoms with E-state index in [1.165, 1.54) is 44.5 Å². The highest BCUT2D eigenvalue weighted by molar-refractivity contribution is 6.10. The third-order valence-corrected chi connectivity index (χ3v) is 12.0. The SMILES string of the molecule is CC1(C)C(C=Cc2ccc(N(c3ccc4c(c3)C(C)(C)c3ccccc3-4)c3ccc4c(c3)C(C)(C)c3ccccc3-4)cc2)=Nc2ccc(C(=O)O)cc21. The van der Waals surface area contributed by atoms with Crippen molar-refractivity contribution in [1.82, 2.24) is 0 Å². The molecule has 0 spiro atoms. The van der Waals surface area contributed by atoms with E-state index in [1.54, 1.807) is 12.1 Å². The molecule has 0 fully saturated rings. The second-order valence-corrected chi connectivity index (χ2v) is 16.2. The fourth-order valence-corrected chi connectivity index (χ4v) is 8.94. The number of anilines is 3. The molecular weight excluding hydrogens is 649 g/mol. The normalized spacial score (nSPS) is 16.4. The van der Waals surface area contributed by atoms with Gasteiger partial charge in [-0.05, 0) is 116 Å². The molecule has 4 heteroatoms. The Balaban J connectivity index is 1.11. The molecule has 0 radical (unpaired) electrons. The first-order valence-corrected chi connectivity index (χ1v) is 18.4. The highest BCUT2D eigenvalue weighted by Crippen LogP contribution is 2.53. The lowest BCUT2D eigenvalue weighted by Crippen LogP contribution is -2.24. The zero-order valence-electron chi connectivity index (χ0n) is 31.0. The van der Waals surface area contributed by atoms with Gasteiger partial charge in [-0.15, -0.1) is 0 Å². The Morgan fingerprint density at radius 3 is 1.58 bits per heavy atom. The van der Waals surface area contributed by atoms with Crippen LogP contribution in [0.2, 0.25) is 0 Å². The second-order valence-electron chi connectivity index (χ2n) is 16.2. The molecule has 2 aliphatic carbocycles. The quantitative estimate of drug-likeness (QED) is 0.189. The maximum atomic E-state index is 11.7. The Bertz CT molecular complexity index is 2460. The third-order valence-electron chi connectivity index (χ3n) is 12.0. The molecule has 260 valence electrons. The van der Waals surface area contributed by atoms with Crippen molar-refractivity contribution in [2.24, 2.45) is 4.99 Å². The molecule has 0 bridgehead atoms. The van der Waals surface area contributed by atoms with E-state index in [0.717, 1.165) is 39.6 Å². The molecule has 0 aromatic heterocycles. The summed E-state index contributed by atoms with van der Waals surface area (Å²) in [6, 6.07) is 45.4. The number of aliphatic imine (C=N–C) groups is 1. The first kappa shape index (κ1) is 32.9. The largest absolute Gasteiger partial charge is 0.478 e. The van der Waals surface area contributed by atoms with Crippen LogP contribution in [0, 0.1) is 0 Å². The van der Waals surface area contributed by atoms with Crippen LogP contribution in [0.1, 0.15) is 85.3 Å². The number of allylic oxidation sites excluding steroid dienone is 1. The molecule has 1 aliphatic heterocycles. The van der Waals surface area contributed by atoms with Gasteiger partial charge in [-0.1, -0.05) is 120 Å². The van der Waals surface area contributed by atoms with Crippen molar-refractivity contribution < 1.29 is 9.90 Å². The van der Waals surface area contributed by atoms with E-state index in [4.69, 9.17) is 4.99 Å². The Labute approximate surface area is 311 Å². The van der Waals surface area contributed by atoms with Crippen LogP contribution in [0.15, 0.2) is 138 Å². The van der Waals surface area contributed by atoms with E-state index in [0.29, 0.717) is 0 Å². The van der Waals surface area contributed by atoms with Gasteiger partial charge >= 0.3 is 5.97 Å². The maximum absolute atomic E-state index is 11.7.